The van der Waals surface area contributed by atoms with Crippen molar-refractivity contribution < 1.29 is 9.90 Å². The van der Waals surface area contributed by atoms with Crippen LogP contribution in [0.2, 0.25) is 0 Å². The molecule has 0 radical (unpaired) electrons. The van der Waals surface area contributed by atoms with Crippen molar-refractivity contribution in [2.75, 3.05) is 6.54 Å². The van der Waals surface area contributed by atoms with Crippen molar-refractivity contribution in [3.63, 3.8) is 0 Å². The summed E-state index contributed by atoms with van der Waals surface area (Å²) < 4.78 is 1.74. The second-order valence-electron chi connectivity index (χ2n) is 3.19. The Kier molecular flexibility index (Phi) is 1.72. The lowest BCUT2D eigenvalue weighted by Gasteiger charge is -2.24. The standard InChI is InChI=1S/C8H11N3O2/c1-10-7-5-11(8(12)13)3-2-6(7)4-9-10/h4H,2-3,5H2,1H3,(H,12,13). The summed E-state index contributed by atoms with van der Waals surface area (Å²) in [6.07, 6.45) is 1.73. The zero-order chi connectivity index (χ0) is 9.42. The molecule has 2 rings (SSSR count). The molecule has 5 nitrogen and oxygen atoms in total. The highest BCUT2D eigenvalue weighted by molar-refractivity contribution is 5.65. The van der Waals surface area contributed by atoms with Crippen LogP contribution in [0.4, 0.5) is 4.79 Å². The minimum atomic E-state index is -0.855. The number of amides is 1. The Morgan fingerprint density at radius 1 is 1.69 bits per heavy atom. The molecule has 1 N–H and O–H groups in total. The van der Waals surface area contributed by atoms with Gasteiger partial charge in [-0.2, -0.15) is 5.10 Å². The SMILES string of the molecule is Cn1ncc2c1CN(C(=O)O)CC2. The summed E-state index contributed by atoms with van der Waals surface area (Å²) in [5.41, 5.74) is 2.17. The first-order valence-corrected chi connectivity index (χ1v) is 4.16. The largest absolute Gasteiger partial charge is 0.465 e. The van der Waals surface area contributed by atoms with Gasteiger partial charge in [0.15, 0.2) is 0 Å². The molecule has 5 heteroatoms. The summed E-state index contributed by atoms with van der Waals surface area (Å²) in [7, 11) is 1.84. The van der Waals surface area contributed by atoms with Crippen molar-refractivity contribution >= 4 is 6.09 Å². The number of nitrogens with zero attached hydrogens (tertiary/aromatic N) is 3. The third kappa shape index (κ3) is 1.26. The van der Waals surface area contributed by atoms with Gasteiger partial charge in [-0.3, -0.25) is 4.68 Å². The molecule has 0 aromatic carbocycles. The van der Waals surface area contributed by atoms with E-state index >= 15 is 0 Å². The Balaban J connectivity index is 2.27. The minimum absolute atomic E-state index is 0.459. The quantitative estimate of drug-likeness (QED) is 0.632. The molecule has 1 aliphatic rings. The van der Waals surface area contributed by atoms with Crippen LogP contribution in [0.3, 0.4) is 0 Å². The van der Waals surface area contributed by atoms with E-state index in [0.717, 1.165) is 12.1 Å². The zero-order valence-electron chi connectivity index (χ0n) is 7.40. The summed E-state index contributed by atoms with van der Waals surface area (Å²) >= 11 is 0. The van der Waals surface area contributed by atoms with E-state index in [0.29, 0.717) is 13.1 Å². The van der Waals surface area contributed by atoms with Crippen molar-refractivity contribution in [1.82, 2.24) is 14.7 Å². The molecule has 0 spiro atoms. The van der Waals surface area contributed by atoms with Gasteiger partial charge in [-0.05, 0) is 12.0 Å². The molecule has 2 heterocycles. The second kappa shape index (κ2) is 2.76. The third-order valence-electron chi connectivity index (χ3n) is 2.41. The first-order valence-electron chi connectivity index (χ1n) is 4.16. The van der Waals surface area contributed by atoms with Crippen molar-refractivity contribution in [3.8, 4) is 0 Å². The second-order valence-corrected chi connectivity index (χ2v) is 3.19. The highest BCUT2D eigenvalue weighted by atomic mass is 16.4. The number of carboxylic acid groups (broad SMARTS) is 1. The van der Waals surface area contributed by atoms with Crippen LogP contribution in [-0.4, -0.2) is 32.4 Å². The topological polar surface area (TPSA) is 58.4 Å². The van der Waals surface area contributed by atoms with Crippen LogP contribution in [0.5, 0.6) is 0 Å². The number of hydrogen-bond donors (Lipinski definition) is 1. The number of hydrogen-bond acceptors (Lipinski definition) is 2. The van der Waals surface area contributed by atoms with Crippen LogP contribution in [-0.2, 0) is 20.0 Å². The van der Waals surface area contributed by atoms with Crippen molar-refractivity contribution in [2.24, 2.45) is 7.05 Å². The van der Waals surface area contributed by atoms with Gasteiger partial charge in [0.2, 0.25) is 0 Å². The maximum atomic E-state index is 10.7. The molecule has 1 aromatic heterocycles. The van der Waals surface area contributed by atoms with E-state index in [4.69, 9.17) is 5.11 Å². The zero-order valence-corrected chi connectivity index (χ0v) is 7.40. The lowest BCUT2D eigenvalue weighted by molar-refractivity contribution is 0.138. The molecule has 1 aliphatic heterocycles. The van der Waals surface area contributed by atoms with Crippen LogP contribution in [0.25, 0.3) is 0 Å². The summed E-state index contributed by atoms with van der Waals surface area (Å²) in [4.78, 5) is 12.1. The smallest absolute Gasteiger partial charge is 0.407 e. The van der Waals surface area contributed by atoms with Gasteiger partial charge in [0, 0.05) is 13.6 Å². The van der Waals surface area contributed by atoms with Gasteiger partial charge in [-0.15, -0.1) is 0 Å². The fraction of sp³-hybridized carbons (Fsp3) is 0.500. The van der Waals surface area contributed by atoms with E-state index in [1.54, 1.807) is 4.68 Å². The van der Waals surface area contributed by atoms with E-state index in [1.807, 2.05) is 13.2 Å². The molecule has 0 fully saturated rings. The fourth-order valence-corrected chi connectivity index (χ4v) is 1.60. The average molecular weight is 181 g/mol. The average Bonchev–Trinajstić information content (AvgIpc) is 2.47. The fourth-order valence-electron chi connectivity index (χ4n) is 1.60. The minimum Gasteiger partial charge on any atom is -0.465 e. The Bertz CT molecular complexity index is 345. The molecule has 0 saturated carbocycles. The highest BCUT2D eigenvalue weighted by Crippen LogP contribution is 2.17. The third-order valence-corrected chi connectivity index (χ3v) is 2.41. The van der Waals surface area contributed by atoms with Gasteiger partial charge in [0.1, 0.15) is 0 Å². The maximum Gasteiger partial charge on any atom is 0.407 e. The van der Waals surface area contributed by atoms with Gasteiger partial charge < -0.3 is 10.0 Å². The van der Waals surface area contributed by atoms with Gasteiger partial charge in [-0.25, -0.2) is 4.79 Å². The van der Waals surface area contributed by atoms with Crippen molar-refractivity contribution in [2.45, 2.75) is 13.0 Å². The van der Waals surface area contributed by atoms with E-state index in [9.17, 15) is 4.79 Å². The molecule has 1 aromatic rings. The van der Waals surface area contributed by atoms with E-state index in [-0.39, 0.29) is 0 Å². The van der Waals surface area contributed by atoms with Gasteiger partial charge in [-0.1, -0.05) is 0 Å². The van der Waals surface area contributed by atoms with Crippen LogP contribution in [0, 0.1) is 0 Å². The predicted octanol–water partition coefficient (Wildman–Crippen LogP) is 0.456. The lowest BCUT2D eigenvalue weighted by atomic mass is 10.1. The number of carbonyl (C=O) groups is 1. The van der Waals surface area contributed by atoms with Crippen molar-refractivity contribution in [3.05, 3.63) is 17.5 Å². The number of aryl methyl sites for hydroxylation is 1. The number of aromatic nitrogens is 2. The molecule has 0 unspecified atom stereocenters. The Morgan fingerprint density at radius 2 is 2.46 bits per heavy atom. The predicted molar refractivity (Wildman–Crippen MR) is 45.3 cm³/mol. The summed E-state index contributed by atoms with van der Waals surface area (Å²) in [6.45, 7) is 1.04. The molecular weight excluding hydrogens is 170 g/mol. The van der Waals surface area contributed by atoms with Gasteiger partial charge in [0.05, 0.1) is 18.4 Å². The molecule has 0 atom stereocenters. The monoisotopic (exact) mass is 181 g/mol. The van der Waals surface area contributed by atoms with Gasteiger partial charge >= 0.3 is 6.09 Å². The van der Waals surface area contributed by atoms with Crippen molar-refractivity contribution in [1.29, 1.82) is 0 Å². The Hall–Kier alpha value is -1.52. The molecule has 0 aliphatic carbocycles. The van der Waals surface area contributed by atoms with Crippen LogP contribution in [0.1, 0.15) is 11.3 Å². The Morgan fingerprint density at radius 3 is 3.15 bits per heavy atom. The Labute approximate surface area is 75.6 Å². The normalized spacial score (nSPS) is 15.6. The summed E-state index contributed by atoms with van der Waals surface area (Å²) in [6, 6.07) is 0. The van der Waals surface area contributed by atoms with E-state index < -0.39 is 6.09 Å². The van der Waals surface area contributed by atoms with Gasteiger partial charge in [0.25, 0.3) is 0 Å². The summed E-state index contributed by atoms with van der Waals surface area (Å²) in [5.74, 6) is 0. The first-order chi connectivity index (χ1) is 6.18. The summed E-state index contributed by atoms with van der Waals surface area (Å²) in [5, 5.41) is 12.9. The molecule has 70 valence electrons. The first kappa shape index (κ1) is 8.10. The molecule has 13 heavy (non-hydrogen) atoms. The highest BCUT2D eigenvalue weighted by Gasteiger charge is 2.22. The van der Waals surface area contributed by atoms with Crippen LogP contribution < -0.4 is 0 Å². The number of rotatable bonds is 0. The molecule has 0 bridgehead atoms. The molecule has 0 saturated heterocycles. The lowest BCUT2D eigenvalue weighted by Crippen LogP contribution is -2.35. The van der Waals surface area contributed by atoms with E-state index in [2.05, 4.69) is 5.10 Å². The molecular formula is C8H11N3O2. The van der Waals surface area contributed by atoms with Crippen LogP contribution in [0.15, 0.2) is 6.20 Å². The molecule has 1 amide bonds. The maximum absolute atomic E-state index is 10.7. The van der Waals surface area contributed by atoms with E-state index in [1.165, 1.54) is 10.5 Å². The number of fused-ring (bicyclic) bond motifs is 1. The van der Waals surface area contributed by atoms with Crippen LogP contribution >= 0.6 is 0 Å².